The van der Waals surface area contributed by atoms with Crippen LogP contribution < -0.4 is 0 Å². The molecule has 1 aromatic carbocycles. The molecule has 0 aliphatic heterocycles. The molecule has 0 bridgehead atoms. The lowest BCUT2D eigenvalue weighted by atomic mass is 10.1. The highest BCUT2D eigenvalue weighted by Crippen LogP contribution is 2.12. The highest BCUT2D eigenvalue weighted by Gasteiger charge is 2.09. The first kappa shape index (κ1) is 9.51. The van der Waals surface area contributed by atoms with Crippen LogP contribution in [0.25, 0.3) is 0 Å². The topological polar surface area (TPSA) is 58.6 Å². The van der Waals surface area contributed by atoms with E-state index >= 15 is 0 Å². The zero-order chi connectivity index (χ0) is 10.7. The highest BCUT2D eigenvalue weighted by molar-refractivity contribution is 5.73. The number of nitrogens with zero attached hydrogens (tertiary/aromatic N) is 2. The summed E-state index contributed by atoms with van der Waals surface area (Å²) >= 11 is 0. The average molecular weight is 205 g/mol. The standard InChI is InChI=1S/C10H8FN3O/c11-8-4-2-1-3-7(8)5-9-10(6-15)13-14-12-9/h1-4,6H,5H2,(H,12,13,14). The third-order valence-electron chi connectivity index (χ3n) is 2.08. The van der Waals surface area contributed by atoms with Gasteiger partial charge in [-0.2, -0.15) is 15.4 Å². The van der Waals surface area contributed by atoms with E-state index in [1.165, 1.54) is 6.07 Å². The third-order valence-corrected chi connectivity index (χ3v) is 2.08. The third kappa shape index (κ3) is 1.90. The SMILES string of the molecule is O=Cc1n[nH]nc1Cc1ccccc1F. The van der Waals surface area contributed by atoms with Gasteiger partial charge in [-0.15, -0.1) is 0 Å². The Bertz CT molecular complexity index is 481. The second-order valence-electron chi connectivity index (χ2n) is 3.04. The van der Waals surface area contributed by atoms with Gasteiger partial charge < -0.3 is 0 Å². The number of carbonyl (C=O) groups is 1. The van der Waals surface area contributed by atoms with Gasteiger partial charge in [0.1, 0.15) is 11.5 Å². The Morgan fingerprint density at radius 2 is 2.13 bits per heavy atom. The van der Waals surface area contributed by atoms with Crippen molar-refractivity contribution in [3.8, 4) is 0 Å². The summed E-state index contributed by atoms with van der Waals surface area (Å²) in [5, 5.41) is 9.76. The number of hydrogen-bond acceptors (Lipinski definition) is 3. The van der Waals surface area contributed by atoms with Gasteiger partial charge in [0.15, 0.2) is 6.29 Å². The average Bonchev–Trinajstić information content (AvgIpc) is 2.69. The fourth-order valence-electron chi connectivity index (χ4n) is 1.31. The van der Waals surface area contributed by atoms with Gasteiger partial charge in [-0.25, -0.2) is 4.39 Å². The van der Waals surface area contributed by atoms with Gasteiger partial charge in [0.05, 0.1) is 5.69 Å². The molecule has 0 atom stereocenters. The van der Waals surface area contributed by atoms with E-state index in [4.69, 9.17) is 0 Å². The van der Waals surface area contributed by atoms with Gasteiger partial charge in [0.2, 0.25) is 0 Å². The molecule has 5 heteroatoms. The lowest BCUT2D eigenvalue weighted by Crippen LogP contribution is -1.96. The van der Waals surface area contributed by atoms with Crippen LogP contribution in [0.1, 0.15) is 21.7 Å². The Morgan fingerprint density at radius 3 is 2.87 bits per heavy atom. The van der Waals surface area contributed by atoms with Crippen molar-refractivity contribution in [2.24, 2.45) is 0 Å². The van der Waals surface area contributed by atoms with Crippen molar-refractivity contribution in [3.05, 3.63) is 47.0 Å². The Labute approximate surface area is 85.1 Å². The maximum Gasteiger partial charge on any atom is 0.172 e. The lowest BCUT2D eigenvalue weighted by molar-refractivity contribution is 0.111. The predicted molar refractivity (Wildman–Crippen MR) is 51.0 cm³/mol. The normalized spacial score (nSPS) is 10.2. The number of benzene rings is 1. The predicted octanol–water partition coefficient (Wildman–Crippen LogP) is 1.35. The number of H-pyrrole nitrogens is 1. The summed E-state index contributed by atoms with van der Waals surface area (Å²) in [6.45, 7) is 0. The van der Waals surface area contributed by atoms with Crippen molar-refractivity contribution in [1.29, 1.82) is 0 Å². The maximum absolute atomic E-state index is 13.3. The fraction of sp³-hybridized carbons (Fsp3) is 0.100. The first-order valence-corrected chi connectivity index (χ1v) is 4.39. The molecular weight excluding hydrogens is 197 g/mol. The summed E-state index contributed by atoms with van der Waals surface area (Å²) in [7, 11) is 0. The van der Waals surface area contributed by atoms with Gasteiger partial charge >= 0.3 is 0 Å². The molecule has 1 N–H and O–H groups in total. The van der Waals surface area contributed by atoms with Crippen molar-refractivity contribution in [1.82, 2.24) is 15.4 Å². The first-order chi connectivity index (χ1) is 7.31. The number of aromatic amines is 1. The largest absolute Gasteiger partial charge is 0.296 e. The molecule has 4 nitrogen and oxygen atoms in total. The summed E-state index contributed by atoms with van der Waals surface area (Å²) in [6.07, 6.45) is 0.858. The number of nitrogens with one attached hydrogen (secondary N) is 1. The van der Waals surface area contributed by atoms with E-state index in [-0.39, 0.29) is 17.9 Å². The Balaban J connectivity index is 2.29. The van der Waals surface area contributed by atoms with Crippen molar-refractivity contribution in [2.45, 2.75) is 6.42 Å². The van der Waals surface area contributed by atoms with Crippen LogP contribution in [-0.4, -0.2) is 21.7 Å². The quantitative estimate of drug-likeness (QED) is 0.769. The van der Waals surface area contributed by atoms with Crippen LogP contribution in [-0.2, 0) is 6.42 Å². The lowest BCUT2D eigenvalue weighted by Gasteiger charge is -1.99. The molecule has 0 saturated heterocycles. The summed E-state index contributed by atoms with van der Waals surface area (Å²) in [5.74, 6) is -0.308. The second kappa shape index (κ2) is 4.00. The van der Waals surface area contributed by atoms with Gasteiger partial charge in [0.25, 0.3) is 0 Å². The molecular formula is C10H8FN3O. The molecule has 1 aromatic heterocycles. The van der Waals surface area contributed by atoms with E-state index in [9.17, 15) is 9.18 Å². The van der Waals surface area contributed by atoms with Crippen LogP contribution in [0.3, 0.4) is 0 Å². The first-order valence-electron chi connectivity index (χ1n) is 4.39. The van der Waals surface area contributed by atoms with Gasteiger partial charge in [-0.3, -0.25) is 4.79 Å². The molecule has 0 spiro atoms. The Hall–Kier alpha value is -2.04. The molecule has 0 amide bonds. The van der Waals surface area contributed by atoms with E-state index in [0.29, 0.717) is 17.5 Å². The number of aldehydes is 1. The number of carbonyl (C=O) groups excluding carboxylic acids is 1. The van der Waals surface area contributed by atoms with Gasteiger partial charge in [0, 0.05) is 6.42 Å². The number of aromatic nitrogens is 3. The monoisotopic (exact) mass is 205 g/mol. The van der Waals surface area contributed by atoms with Crippen molar-refractivity contribution >= 4 is 6.29 Å². The Morgan fingerprint density at radius 1 is 1.33 bits per heavy atom. The van der Waals surface area contributed by atoms with Crippen molar-refractivity contribution in [2.75, 3.05) is 0 Å². The van der Waals surface area contributed by atoms with Crippen molar-refractivity contribution < 1.29 is 9.18 Å². The summed E-state index contributed by atoms with van der Waals surface area (Å²) in [6, 6.07) is 6.37. The van der Waals surface area contributed by atoms with Crippen LogP contribution in [0, 0.1) is 5.82 Å². The van der Waals surface area contributed by atoms with E-state index in [1.807, 2.05) is 0 Å². The molecule has 2 aromatic rings. The van der Waals surface area contributed by atoms with Crippen molar-refractivity contribution in [3.63, 3.8) is 0 Å². The zero-order valence-corrected chi connectivity index (χ0v) is 7.77. The van der Waals surface area contributed by atoms with E-state index in [1.54, 1.807) is 18.2 Å². The minimum absolute atomic E-state index is 0.221. The summed E-state index contributed by atoms with van der Waals surface area (Å²) in [4.78, 5) is 10.5. The molecule has 0 unspecified atom stereocenters. The number of hydrogen-bond donors (Lipinski definition) is 1. The molecule has 1 heterocycles. The highest BCUT2D eigenvalue weighted by atomic mass is 19.1. The van der Waals surface area contributed by atoms with E-state index < -0.39 is 0 Å². The molecule has 0 aliphatic carbocycles. The van der Waals surface area contributed by atoms with Crippen LogP contribution in [0.2, 0.25) is 0 Å². The Kier molecular flexibility index (Phi) is 2.53. The van der Waals surface area contributed by atoms with Crippen LogP contribution in [0.15, 0.2) is 24.3 Å². The van der Waals surface area contributed by atoms with E-state index in [0.717, 1.165) is 0 Å². The summed E-state index contributed by atoms with van der Waals surface area (Å²) in [5.41, 5.74) is 1.17. The number of rotatable bonds is 3. The number of halogens is 1. The zero-order valence-electron chi connectivity index (χ0n) is 7.77. The molecule has 0 aliphatic rings. The minimum atomic E-state index is -0.308. The molecule has 15 heavy (non-hydrogen) atoms. The van der Waals surface area contributed by atoms with E-state index in [2.05, 4.69) is 15.4 Å². The summed E-state index contributed by atoms with van der Waals surface area (Å²) < 4.78 is 13.3. The van der Waals surface area contributed by atoms with Crippen LogP contribution >= 0.6 is 0 Å². The molecule has 2 rings (SSSR count). The molecule has 76 valence electrons. The van der Waals surface area contributed by atoms with Crippen LogP contribution in [0.4, 0.5) is 4.39 Å². The second-order valence-corrected chi connectivity index (χ2v) is 3.04. The smallest absolute Gasteiger partial charge is 0.172 e. The fourth-order valence-corrected chi connectivity index (χ4v) is 1.31. The minimum Gasteiger partial charge on any atom is -0.296 e. The van der Waals surface area contributed by atoms with Crippen LogP contribution in [0.5, 0.6) is 0 Å². The maximum atomic E-state index is 13.3. The molecule has 0 fully saturated rings. The molecule has 0 saturated carbocycles. The van der Waals surface area contributed by atoms with Gasteiger partial charge in [-0.1, -0.05) is 18.2 Å². The molecule has 0 radical (unpaired) electrons. The van der Waals surface area contributed by atoms with Gasteiger partial charge in [-0.05, 0) is 11.6 Å².